The van der Waals surface area contributed by atoms with Crippen LogP contribution in [0.25, 0.3) is 5.65 Å². The predicted molar refractivity (Wildman–Crippen MR) is 69.7 cm³/mol. The Morgan fingerprint density at radius 1 is 1.50 bits per heavy atom. The molecule has 1 atom stereocenters. The minimum atomic E-state index is -1.03. The molecule has 3 rings (SSSR count). The molecular formula is C10H9N7O2S. The van der Waals surface area contributed by atoms with E-state index in [1.807, 2.05) is 6.92 Å². The fourth-order valence-corrected chi connectivity index (χ4v) is 2.39. The summed E-state index contributed by atoms with van der Waals surface area (Å²) < 4.78 is 1.31. The van der Waals surface area contributed by atoms with Gasteiger partial charge in [-0.3, -0.25) is 0 Å². The maximum absolute atomic E-state index is 10.8. The normalized spacial score (nSPS) is 12.4. The lowest BCUT2D eigenvalue weighted by Crippen LogP contribution is -2.10. The number of carboxylic acid groups (broad SMARTS) is 1. The summed E-state index contributed by atoms with van der Waals surface area (Å²) in [5.74, 6) is -0.461. The van der Waals surface area contributed by atoms with Crippen molar-refractivity contribution in [2.75, 3.05) is 5.32 Å². The van der Waals surface area contributed by atoms with Crippen molar-refractivity contribution in [2.45, 2.75) is 13.0 Å². The van der Waals surface area contributed by atoms with E-state index in [4.69, 9.17) is 5.11 Å². The van der Waals surface area contributed by atoms with Gasteiger partial charge in [-0.05, 0) is 29.5 Å². The Hall–Kier alpha value is -2.62. The third-order valence-corrected chi connectivity index (χ3v) is 3.57. The Balaban J connectivity index is 1.80. The first-order valence-corrected chi connectivity index (χ1v) is 6.52. The molecule has 3 aromatic heterocycles. The average molecular weight is 291 g/mol. The van der Waals surface area contributed by atoms with E-state index in [2.05, 4.69) is 30.9 Å². The van der Waals surface area contributed by atoms with E-state index < -0.39 is 5.97 Å². The molecule has 1 unspecified atom stereocenters. The van der Waals surface area contributed by atoms with Crippen molar-refractivity contribution in [3.05, 3.63) is 28.2 Å². The molecule has 0 bridgehead atoms. The molecule has 0 saturated heterocycles. The Morgan fingerprint density at radius 2 is 2.35 bits per heavy atom. The number of fused-ring (bicyclic) bond motifs is 1. The lowest BCUT2D eigenvalue weighted by molar-refractivity contribution is 0.0691. The smallest absolute Gasteiger partial charge is 0.355 e. The molecule has 0 aliphatic rings. The van der Waals surface area contributed by atoms with Crippen LogP contribution in [0.3, 0.4) is 0 Å². The summed E-state index contributed by atoms with van der Waals surface area (Å²) in [6.45, 7) is 1.87. The van der Waals surface area contributed by atoms with Gasteiger partial charge < -0.3 is 10.4 Å². The minimum absolute atomic E-state index is 0.0440. The van der Waals surface area contributed by atoms with Crippen LogP contribution in [-0.4, -0.2) is 41.3 Å². The number of aromatic nitrogens is 6. The van der Waals surface area contributed by atoms with E-state index in [9.17, 15) is 4.79 Å². The van der Waals surface area contributed by atoms with Crippen LogP contribution in [0, 0.1) is 0 Å². The van der Waals surface area contributed by atoms with Crippen LogP contribution in [0.2, 0.25) is 0 Å². The molecule has 0 radical (unpaired) electrons. The molecule has 0 aromatic carbocycles. The molecule has 20 heavy (non-hydrogen) atoms. The molecule has 0 saturated carbocycles. The number of anilines is 1. The lowest BCUT2D eigenvalue weighted by atomic mass is 10.3. The molecule has 3 heterocycles. The number of nitrogens with one attached hydrogen (secondary N) is 1. The summed E-state index contributed by atoms with van der Waals surface area (Å²) in [4.78, 5) is 14.8. The summed E-state index contributed by atoms with van der Waals surface area (Å²) >= 11 is 1.28. The highest BCUT2D eigenvalue weighted by Gasteiger charge is 2.14. The van der Waals surface area contributed by atoms with Crippen molar-refractivity contribution in [1.82, 2.24) is 30.2 Å². The van der Waals surface area contributed by atoms with E-state index in [-0.39, 0.29) is 11.7 Å². The van der Waals surface area contributed by atoms with E-state index in [1.165, 1.54) is 21.3 Å². The van der Waals surface area contributed by atoms with E-state index in [0.717, 1.165) is 0 Å². The molecule has 102 valence electrons. The summed E-state index contributed by atoms with van der Waals surface area (Å²) in [7, 11) is 0. The quantitative estimate of drug-likeness (QED) is 0.726. The van der Waals surface area contributed by atoms with Crippen LogP contribution >= 0.6 is 11.3 Å². The number of tetrazole rings is 1. The second-order valence-electron chi connectivity index (χ2n) is 3.99. The molecule has 0 spiro atoms. The topological polar surface area (TPSA) is 118 Å². The molecule has 2 N–H and O–H groups in total. The molecular weight excluding hydrogens is 282 g/mol. The van der Waals surface area contributed by atoms with Gasteiger partial charge in [0.15, 0.2) is 11.3 Å². The number of nitrogens with zero attached hydrogens (tertiary/aromatic N) is 6. The molecule has 0 fully saturated rings. The van der Waals surface area contributed by atoms with Crippen LogP contribution in [-0.2, 0) is 0 Å². The standard InChI is InChI=1S/C10H9N7O2S/c1-5(9-12-6(4-20-9)10(18)19)11-7-2-3-8-13-15-16-17(8)14-7/h2-5H,1H3,(H,11,14)(H,18,19). The van der Waals surface area contributed by atoms with Gasteiger partial charge >= 0.3 is 5.97 Å². The second kappa shape index (κ2) is 4.81. The minimum Gasteiger partial charge on any atom is -0.476 e. The number of hydrogen-bond donors (Lipinski definition) is 2. The van der Waals surface area contributed by atoms with Crippen molar-refractivity contribution in [1.29, 1.82) is 0 Å². The zero-order valence-corrected chi connectivity index (χ0v) is 11.1. The maximum atomic E-state index is 10.8. The highest BCUT2D eigenvalue weighted by atomic mass is 32.1. The molecule has 0 aliphatic heterocycles. The fraction of sp³-hybridized carbons (Fsp3) is 0.200. The number of aromatic carboxylic acids is 1. The Morgan fingerprint density at radius 3 is 3.10 bits per heavy atom. The van der Waals surface area contributed by atoms with Crippen molar-refractivity contribution in [2.24, 2.45) is 0 Å². The summed E-state index contributed by atoms with van der Waals surface area (Å²) in [6, 6.07) is 3.30. The summed E-state index contributed by atoms with van der Waals surface area (Å²) in [6.07, 6.45) is 0. The van der Waals surface area contributed by atoms with Gasteiger partial charge in [-0.2, -0.15) is 0 Å². The number of carboxylic acids is 1. The van der Waals surface area contributed by atoms with Crippen molar-refractivity contribution in [3.63, 3.8) is 0 Å². The van der Waals surface area contributed by atoms with Gasteiger partial charge in [-0.15, -0.1) is 26.2 Å². The number of carbonyl (C=O) groups is 1. The van der Waals surface area contributed by atoms with Gasteiger partial charge in [0.05, 0.1) is 6.04 Å². The largest absolute Gasteiger partial charge is 0.476 e. The zero-order chi connectivity index (χ0) is 14.1. The monoisotopic (exact) mass is 291 g/mol. The molecule has 0 amide bonds. The molecule has 0 aliphatic carbocycles. The van der Waals surface area contributed by atoms with E-state index >= 15 is 0 Å². The van der Waals surface area contributed by atoms with Gasteiger partial charge in [0.25, 0.3) is 0 Å². The number of hydrogen-bond acceptors (Lipinski definition) is 8. The van der Waals surface area contributed by atoms with E-state index in [0.29, 0.717) is 16.5 Å². The fourth-order valence-electron chi connectivity index (χ4n) is 1.59. The van der Waals surface area contributed by atoms with Gasteiger partial charge in [0, 0.05) is 5.38 Å². The van der Waals surface area contributed by atoms with Gasteiger partial charge in [-0.1, -0.05) is 0 Å². The molecule has 9 nitrogen and oxygen atoms in total. The van der Waals surface area contributed by atoms with E-state index in [1.54, 1.807) is 12.1 Å². The Labute approximate surface area is 116 Å². The summed E-state index contributed by atoms with van der Waals surface area (Å²) in [5.41, 5.74) is 0.591. The zero-order valence-electron chi connectivity index (χ0n) is 10.3. The highest BCUT2D eigenvalue weighted by molar-refractivity contribution is 7.09. The third kappa shape index (κ3) is 2.28. The molecule has 10 heteroatoms. The van der Waals surface area contributed by atoms with Crippen molar-refractivity contribution >= 4 is 28.8 Å². The van der Waals surface area contributed by atoms with Crippen LogP contribution in [0.15, 0.2) is 17.5 Å². The van der Waals surface area contributed by atoms with Crippen LogP contribution < -0.4 is 5.32 Å². The van der Waals surface area contributed by atoms with Gasteiger partial charge in [0.2, 0.25) is 0 Å². The van der Waals surface area contributed by atoms with Crippen molar-refractivity contribution < 1.29 is 9.90 Å². The second-order valence-corrected chi connectivity index (χ2v) is 4.88. The van der Waals surface area contributed by atoms with Crippen molar-refractivity contribution in [3.8, 4) is 0 Å². The van der Waals surface area contributed by atoms with Gasteiger partial charge in [-0.25, -0.2) is 9.78 Å². The van der Waals surface area contributed by atoms with Crippen LogP contribution in [0.4, 0.5) is 5.82 Å². The first-order valence-electron chi connectivity index (χ1n) is 5.64. The number of rotatable bonds is 4. The first kappa shape index (κ1) is 12.4. The Kier molecular flexibility index (Phi) is 2.99. The maximum Gasteiger partial charge on any atom is 0.355 e. The lowest BCUT2D eigenvalue weighted by Gasteiger charge is -2.11. The SMILES string of the molecule is CC(Nc1ccc2nnnn2n1)c1nc(C(=O)O)cs1. The van der Waals surface area contributed by atoms with Crippen LogP contribution in [0.1, 0.15) is 28.5 Å². The molecule has 3 aromatic rings. The number of thiazole rings is 1. The summed E-state index contributed by atoms with van der Waals surface area (Å²) in [5, 5.41) is 29.3. The average Bonchev–Trinajstić information content (AvgIpc) is 3.07. The van der Waals surface area contributed by atoms with Crippen LogP contribution in [0.5, 0.6) is 0 Å². The third-order valence-electron chi connectivity index (χ3n) is 2.55. The first-order chi connectivity index (χ1) is 9.63. The highest BCUT2D eigenvalue weighted by Crippen LogP contribution is 2.21. The predicted octanol–water partition coefficient (Wildman–Crippen LogP) is 0.847. The Bertz CT molecular complexity index is 768. The van der Waals surface area contributed by atoms with Gasteiger partial charge in [0.1, 0.15) is 10.8 Å².